The van der Waals surface area contributed by atoms with Gasteiger partial charge in [-0.3, -0.25) is 0 Å². The van der Waals surface area contributed by atoms with Crippen LogP contribution in [0.15, 0.2) is 24.3 Å². The molecule has 4 heteroatoms. The van der Waals surface area contributed by atoms with Crippen LogP contribution >= 0.6 is 12.2 Å². The molecule has 0 radical (unpaired) electrons. The molecule has 2 aromatic rings. The van der Waals surface area contributed by atoms with Crippen molar-refractivity contribution in [1.29, 1.82) is 0 Å². The van der Waals surface area contributed by atoms with Crippen LogP contribution in [-0.2, 0) is 0 Å². The van der Waals surface area contributed by atoms with Crippen LogP contribution in [-0.4, -0.2) is 9.97 Å². The Morgan fingerprint density at radius 2 is 1.70 bits per heavy atom. The van der Waals surface area contributed by atoms with Gasteiger partial charge in [0.25, 0.3) is 0 Å². The lowest BCUT2D eigenvalue weighted by molar-refractivity contribution is 0.453. The van der Waals surface area contributed by atoms with Crippen molar-refractivity contribution >= 4 is 17.2 Å². The second-order valence-electron chi connectivity index (χ2n) is 4.93. The second kappa shape index (κ2) is 5.59. The summed E-state index contributed by atoms with van der Waals surface area (Å²) in [4.78, 5) is 4.70. The second-order valence-corrected chi connectivity index (χ2v) is 5.36. The zero-order valence-electron chi connectivity index (χ0n) is 12.2. The van der Waals surface area contributed by atoms with E-state index in [4.69, 9.17) is 22.7 Å². The van der Waals surface area contributed by atoms with E-state index in [2.05, 4.69) is 18.0 Å². The van der Waals surface area contributed by atoms with E-state index in [0.29, 0.717) is 11.4 Å². The Morgan fingerprint density at radius 3 is 2.35 bits per heavy atom. The average Bonchev–Trinajstić information content (AvgIpc) is 2.39. The summed E-state index contributed by atoms with van der Waals surface area (Å²) in [6, 6.07) is 7.83. The number of aromatic nitrogens is 1. The fourth-order valence-corrected chi connectivity index (χ4v) is 2.13. The molecule has 0 aliphatic rings. The summed E-state index contributed by atoms with van der Waals surface area (Å²) in [6.45, 7) is 8.01. The van der Waals surface area contributed by atoms with Crippen LogP contribution in [0.25, 0.3) is 0 Å². The number of nitrogens with zero attached hydrogens (tertiary/aromatic N) is 1. The van der Waals surface area contributed by atoms with Crippen molar-refractivity contribution in [3.63, 3.8) is 0 Å². The summed E-state index contributed by atoms with van der Waals surface area (Å²) < 4.78 is 6.02. The van der Waals surface area contributed by atoms with Crippen LogP contribution in [0.1, 0.15) is 27.9 Å². The highest BCUT2D eigenvalue weighted by Gasteiger charge is 2.13. The molecule has 3 nitrogen and oxygen atoms in total. The molecule has 2 N–H and O–H groups in total. The van der Waals surface area contributed by atoms with E-state index in [1.807, 2.05) is 39.0 Å². The third kappa shape index (κ3) is 2.80. The highest BCUT2D eigenvalue weighted by atomic mass is 32.1. The molecule has 104 valence electrons. The van der Waals surface area contributed by atoms with Gasteiger partial charge in [0.05, 0.1) is 5.56 Å². The van der Waals surface area contributed by atoms with Crippen LogP contribution in [0.5, 0.6) is 11.6 Å². The van der Waals surface area contributed by atoms with Crippen molar-refractivity contribution in [2.75, 3.05) is 0 Å². The molecule has 0 bridgehead atoms. The van der Waals surface area contributed by atoms with Gasteiger partial charge in [-0.25, -0.2) is 4.98 Å². The maximum atomic E-state index is 6.02. The van der Waals surface area contributed by atoms with Crippen molar-refractivity contribution in [2.45, 2.75) is 27.7 Å². The van der Waals surface area contributed by atoms with Gasteiger partial charge in [0.15, 0.2) is 0 Å². The first kappa shape index (κ1) is 14.5. The molecule has 2 rings (SSSR count). The molecule has 20 heavy (non-hydrogen) atoms. The highest BCUT2D eigenvalue weighted by molar-refractivity contribution is 7.80. The lowest BCUT2D eigenvalue weighted by Gasteiger charge is -2.15. The summed E-state index contributed by atoms with van der Waals surface area (Å²) in [5.41, 5.74) is 10.6. The van der Waals surface area contributed by atoms with E-state index in [1.165, 1.54) is 5.56 Å². The first-order valence-corrected chi connectivity index (χ1v) is 6.83. The van der Waals surface area contributed by atoms with E-state index in [9.17, 15) is 0 Å². The first-order chi connectivity index (χ1) is 9.40. The van der Waals surface area contributed by atoms with E-state index in [0.717, 1.165) is 22.6 Å². The minimum atomic E-state index is 0.287. The molecule has 0 fully saturated rings. The van der Waals surface area contributed by atoms with Crippen LogP contribution in [0, 0.1) is 27.7 Å². The summed E-state index contributed by atoms with van der Waals surface area (Å²) >= 11 is 5.06. The van der Waals surface area contributed by atoms with Crippen molar-refractivity contribution < 1.29 is 4.74 Å². The predicted molar refractivity (Wildman–Crippen MR) is 85.6 cm³/mol. The Kier molecular flexibility index (Phi) is 4.04. The summed E-state index contributed by atoms with van der Waals surface area (Å²) in [6.07, 6.45) is 0. The van der Waals surface area contributed by atoms with Gasteiger partial charge in [0.2, 0.25) is 5.88 Å². The third-order valence-corrected chi connectivity index (χ3v) is 3.56. The van der Waals surface area contributed by atoms with Gasteiger partial charge in [0.1, 0.15) is 10.7 Å². The van der Waals surface area contributed by atoms with Crippen molar-refractivity contribution in [2.24, 2.45) is 5.73 Å². The van der Waals surface area contributed by atoms with E-state index in [1.54, 1.807) is 0 Å². The average molecular weight is 286 g/mol. The molecule has 0 spiro atoms. The number of benzene rings is 1. The number of thiocarbonyl (C=S) groups is 1. The molecule has 0 saturated carbocycles. The van der Waals surface area contributed by atoms with Gasteiger partial charge in [-0.05, 0) is 56.5 Å². The fourth-order valence-electron chi connectivity index (χ4n) is 1.98. The van der Waals surface area contributed by atoms with Crippen molar-refractivity contribution in [1.82, 2.24) is 4.98 Å². The Balaban J connectivity index is 2.53. The Labute approximate surface area is 124 Å². The van der Waals surface area contributed by atoms with Crippen LogP contribution in [0.2, 0.25) is 0 Å². The molecule has 0 aliphatic heterocycles. The molecule has 1 aromatic carbocycles. The molecule has 1 aromatic heterocycles. The quantitative estimate of drug-likeness (QED) is 0.873. The molecule has 0 aliphatic carbocycles. The van der Waals surface area contributed by atoms with Crippen LogP contribution in [0.4, 0.5) is 0 Å². The predicted octanol–water partition coefficient (Wildman–Crippen LogP) is 3.74. The largest absolute Gasteiger partial charge is 0.438 e. The lowest BCUT2D eigenvalue weighted by Crippen LogP contribution is -2.12. The minimum absolute atomic E-state index is 0.287. The normalized spacial score (nSPS) is 10.4. The molecule has 0 saturated heterocycles. The molecule has 0 unspecified atom stereocenters. The highest BCUT2D eigenvalue weighted by Crippen LogP contribution is 2.31. The lowest BCUT2D eigenvalue weighted by atomic mass is 10.1. The summed E-state index contributed by atoms with van der Waals surface area (Å²) in [5, 5.41) is 0. The summed E-state index contributed by atoms with van der Waals surface area (Å²) in [7, 11) is 0. The number of hydrogen-bond acceptors (Lipinski definition) is 3. The minimum Gasteiger partial charge on any atom is -0.438 e. The number of hydrogen-bond donors (Lipinski definition) is 1. The SMILES string of the molecule is Cc1ccc(C(N)=S)c(Oc2c(C)ccc(C)c2C)n1. The van der Waals surface area contributed by atoms with Crippen LogP contribution in [0.3, 0.4) is 0 Å². The van der Waals surface area contributed by atoms with E-state index >= 15 is 0 Å². The number of ether oxygens (including phenoxy) is 1. The van der Waals surface area contributed by atoms with Gasteiger partial charge in [-0.1, -0.05) is 24.4 Å². The molecule has 0 amide bonds. The molecule has 1 heterocycles. The number of nitrogens with two attached hydrogens (primary N) is 1. The van der Waals surface area contributed by atoms with Gasteiger partial charge in [-0.2, -0.15) is 0 Å². The van der Waals surface area contributed by atoms with E-state index < -0.39 is 0 Å². The Hall–Kier alpha value is -1.94. The first-order valence-electron chi connectivity index (χ1n) is 6.42. The standard InChI is InChI=1S/C16H18N2OS/c1-9-5-6-10(2)14(12(9)4)19-16-13(15(17)20)8-7-11(3)18-16/h5-8H,1-4H3,(H2,17,20). The smallest absolute Gasteiger partial charge is 0.229 e. The maximum absolute atomic E-state index is 6.02. The number of aryl methyl sites for hydroxylation is 3. The molecule has 0 atom stereocenters. The molecular weight excluding hydrogens is 268 g/mol. The number of pyridine rings is 1. The summed E-state index contributed by atoms with van der Waals surface area (Å²) in [5.74, 6) is 1.29. The third-order valence-electron chi connectivity index (χ3n) is 3.34. The van der Waals surface area contributed by atoms with Gasteiger partial charge >= 0.3 is 0 Å². The van der Waals surface area contributed by atoms with Crippen molar-refractivity contribution in [3.05, 3.63) is 52.2 Å². The van der Waals surface area contributed by atoms with Crippen LogP contribution < -0.4 is 10.5 Å². The topological polar surface area (TPSA) is 48.1 Å². The van der Waals surface area contributed by atoms with Gasteiger partial charge in [-0.15, -0.1) is 0 Å². The molecular formula is C16H18N2OS. The maximum Gasteiger partial charge on any atom is 0.229 e. The van der Waals surface area contributed by atoms with Gasteiger partial charge in [0, 0.05) is 5.69 Å². The zero-order valence-corrected chi connectivity index (χ0v) is 13.0. The Bertz CT molecular complexity index is 680. The fraction of sp³-hybridized carbons (Fsp3) is 0.250. The monoisotopic (exact) mass is 286 g/mol. The van der Waals surface area contributed by atoms with Gasteiger partial charge < -0.3 is 10.5 Å². The Morgan fingerprint density at radius 1 is 1.05 bits per heavy atom. The number of rotatable bonds is 3. The van der Waals surface area contributed by atoms with Crippen molar-refractivity contribution in [3.8, 4) is 11.6 Å². The van der Waals surface area contributed by atoms with E-state index in [-0.39, 0.29) is 4.99 Å². The zero-order chi connectivity index (χ0) is 14.9.